The van der Waals surface area contributed by atoms with Crippen LogP contribution >= 0.6 is 0 Å². The molecule has 1 rings (SSSR count). The third kappa shape index (κ3) is 4.44. The maximum atomic E-state index is 10.6. The van der Waals surface area contributed by atoms with Crippen LogP contribution in [0.3, 0.4) is 0 Å². The number of hydrogen-bond donors (Lipinski definition) is 1. The first-order valence-corrected chi connectivity index (χ1v) is 6.06. The van der Waals surface area contributed by atoms with Gasteiger partial charge >= 0.3 is 5.97 Å². The van der Waals surface area contributed by atoms with E-state index in [0.717, 1.165) is 22.6 Å². The summed E-state index contributed by atoms with van der Waals surface area (Å²) >= 11 is 0. The van der Waals surface area contributed by atoms with E-state index in [1.807, 2.05) is 12.1 Å². The normalized spacial score (nSPS) is 10.3. The molecule has 0 amide bonds. The molecule has 0 aliphatic rings. The van der Waals surface area contributed by atoms with Crippen LogP contribution in [0, 0.1) is 0 Å². The second-order valence-corrected chi connectivity index (χ2v) is 4.16. The Balaban J connectivity index is 2.97. The predicted molar refractivity (Wildman–Crippen MR) is 70.8 cm³/mol. The molecule has 1 aromatic carbocycles. The van der Waals surface area contributed by atoms with Crippen LogP contribution in [0.1, 0.15) is 24.0 Å². The van der Waals surface area contributed by atoms with E-state index in [1.165, 1.54) is 0 Å². The largest absolute Gasteiger partial charge is 0.497 e. The average Bonchev–Trinajstić information content (AvgIpc) is 2.38. The number of carboxylic acid groups (broad SMARTS) is 1. The minimum atomic E-state index is -0.793. The molecule has 0 aliphatic heterocycles. The van der Waals surface area contributed by atoms with Gasteiger partial charge in [0.2, 0.25) is 0 Å². The molecule has 0 bridgehead atoms. The van der Waals surface area contributed by atoms with Crippen molar-refractivity contribution in [2.45, 2.75) is 25.9 Å². The van der Waals surface area contributed by atoms with Crippen molar-refractivity contribution in [3.05, 3.63) is 23.3 Å². The zero-order valence-electron chi connectivity index (χ0n) is 11.6. The third-order valence-electron chi connectivity index (χ3n) is 2.79. The van der Waals surface area contributed by atoms with Gasteiger partial charge in [0.15, 0.2) is 0 Å². The van der Waals surface area contributed by atoms with Crippen LogP contribution in [-0.2, 0) is 22.6 Å². The van der Waals surface area contributed by atoms with Crippen molar-refractivity contribution in [2.75, 3.05) is 21.3 Å². The lowest BCUT2D eigenvalue weighted by Crippen LogP contribution is -2.02. The monoisotopic (exact) mass is 268 g/mol. The van der Waals surface area contributed by atoms with Gasteiger partial charge in [0.05, 0.1) is 20.8 Å². The van der Waals surface area contributed by atoms with Crippen LogP contribution in [0.2, 0.25) is 0 Å². The lowest BCUT2D eigenvalue weighted by Gasteiger charge is -2.15. The molecule has 0 aliphatic carbocycles. The number of aryl methyl sites for hydroxylation is 1. The fourth-order valence-corrected chi connectivity index (χ4v) is 1.98. The molecular formula is C14H20O5. The predicted octanol–water partition coefficient (Wildman–Crippen LogP) is 2.26. The van der Waals surface area contributed by atoms with Crippen LogP contribution in [0.4, 0.5) is 0 Å². The number of ether oxygens (including phenoxy) is 3. The molecule has 0 heterocycles. The molecule has 1 N–H and O–H groups in total. The Bertz CT molecular complexity index is 428. The number of aliphatic carboxylic acids is 1. The van der Waals surface area contributed by atoms with E-state index in [2.05, 4.69) is 0 Å². The molecule has 0 aromatic heterocycles. The van der Waals surface area contributed by atoms with E-state index in [0.29, 0.717) is 19.4 Å². The van der Waals surface area contributed by atoms with Gasteiger partial charge in [0, 0.05) is 19.1 Å². The Kier molecular flexibility index (Phi) is 6.15. The van der Waals surface area contributed by atoms with Gasteiger partial charge in [-0.25, -0.2) is 0 Å². The highest BCUT2D eigenvalue weighted by atomic mass is 16.5. The second kappa shape index (κ2) is 7.63. The lowest BCUT2D eigenvalue weighted by molar-refractivity contribution is -0.137. The van der Waals surface area contributed by atoms with E-state index >= 15 is 0 Å². The lowest BCUT2D eigenvalue weighted by atomic mass is 10.0. The molecule has 19 heavy (non-hydrogen) atoms. The molecular weight excluding hydrogens is 248 g/mol. The van der Waals surface area contributed by atoms with E-state index in [9.17, 15) is 4.79 Å². The highest BCUT2D eigenvalue weighted by molar-refractivity contribution is 5.66. The quantitative estimate of drug-likeness (QED) is 0.783. The fourth-order valence-electron chi connectivity index (χ4n) is 1.98. The number of benzene rings is 1. The zero-order valence-corrected chi connectivity index (χ0v) is 11.6. The minimum Gasteiger partial charge on any atom is -0.497 e. The molecule has 5 nitrogen and oxygen atoms in total. The van der Waals surface area contributed by atoms with Crippen molar-refractivity contribution < 1.29 is 24.1 Å². The Labute approximate surface area is 113 Å². The van der Waals surface area contributed by atoms with Gasteiger partial charge in [-0.05, 0) is 30.5 Å². The third-order valence-corrected chi connectivity index (χ3v) is 2.79. The van der Waals surface area contributed by atoms with Crippen molar-refractivity contribution in [3.63, 3.8) is 0 Å². The van der Waals surface area contributed by atoms with Gasteiger partial charge in [0.1, 0.15) is 11.5 Å². The Morgan fingerprint density at radius 1 is 1.16 bits per heavy atom. The smallest absolute Gasteiger partial charge is 0.303 e. The van der Waals surface area contributed by atoms with E-state index in [4.69, 9.17) is 19.3 Å². The first-order valence-electron chi connectivity index (χ1n) is 6.06. The van der Waals surface area contributed by atoms with Crippen LogP contribution in [0.25, 0.3) is 0 Å². The van der Waals surface area contributed by atoms with Gasteiger partial charge < -0.3 is 19.3 Å². The second-order valence-electron chi connectivity index (χ2n) is 4.16. The highest BCUT2D eigenvalue weighted by Gasteiger charge is 2.12. The summed E-state index contributed by atoms with van der Waals surface area (Å²) in [4.78, 5) is 10.6. The molecule has 106 valence electrons. The van der Waals surface area contributed by atoms with Crippen LogP contribution in [0.5, 0.6) is 11.5 Å². The molecule has 0 fully saturated rings. The molecule has 5 heteroatoms. The van der Waals surface area contributed by atoms with Crippen molar-refractivity contribution in [1.29, 1.82) is 0 Å². The summed E-state index contributed by atoms with van der Waals surface area (Å²) in [5.74, 6) is 0.671. The van der Waals surface area contributed by atoms with E-state index < -0.39 is 5.97 Å². The summed E-state index contributed by atoms with van der Waals surface area (Å²) in [7, 11) is 4.81. The summed E-state index contributed by atoms with van der Waals surface area (Å²) < 4.78 is 15.8. The van der Waals surface area contributed by atoms with Crippen molar-refractivity contribution in [2.24, 2.45) is 0 Å². The standard InChI is InChI=1S/C14H20O5/c1-17-9-11-8-12(18-2)7-10(14(11)19-3)5-4-6-13(15)16/h7-8H,4-6,9H2,1-3H3,(H,15,16). The van der Waals surface area contributed by atoms with Crippen LogP contribution in [0.15, 0.2) is 12.1 Å². The molecule has 0 unspecified atom stereocenters. The minimum absolute atomic E-state index is 0.139. The average molecular weight is 268 g/mol. The van der Waals surface area contributed by atoms with E-state index in [1.54, 1.807) is 21.3 Å². The first-order chi connectivity index (χ1) is 9.12. The van der Waals surface area contributed by atoms with Crippen molar-refractivity contribution >= 4 is 5.97 Å². The Hall–Kier alpha value is -1.75. The number of methoxy groups -OCH3 is 3. The topological polar surface area (TPSA) is 65.0 Å². The maximum Gasteiger partial charge on any atom is 0.303 e. The van der Waals surface area contributed by atoms with Crippen LogP contribution < -0.4 is 9.47 Å². The summed E-state index contributed by atoms with van der Waals surface area (Å²) in [6, 6.07) is 3.74. The number of carbonyl (C=O) groups is 1. The SMILES string of the molecule is COCc1cc(OC)cc(CCCC(=O)O)c1OC. The molecule has 0 saturated heterocycles. The van der Waals surface area contributed by atoms with E-state index in [-0.39, 0.29) is 6.42 Å². The van der Waals surface area contributed by atoms with Gasteiger partial charge in [0.25, 0.3) is 0 Å². The Morgan fingerprint density at radius 3 is 2.37 bits per heavy atom. The Morgan fingerprint density at radius 2 is 1.84 bits per heavy atom. The summed E-state index contributed by atoms with van der Waals surface area (Å²) in [6.07, 6.45) is 1.33. The molecule has 0 radical (unpaired) electrons. The fraction of sp³-hybridized carbons (Fsp3) is 0.500. The molecule has 1 aromatic rings. The van der Waals surface area contributed by atoms with Gasteiger partial charge in [-0.2, -0.15) is 0 Å². The molecule has 0 saturated carbocycles. The zero-order chi connectivity index (χ0) is 14.3. The number of hydrogen-bond acceptors (Lipinski definition) is 4. The van der Waals surface area contributed by atoms with Crippen molar-refractivity contribution in [1.82, 2.24) is 0 Å². The molecule has 0 spiro atoms. The molecule has 0 atom stereocenters. The van der Waals surface area contributed by atoms with Crippen molar-refractivity contribution in [3.8, 4) is 11.5 Å². The number of carboxylic acids is 1. The first kappa shape index (κ1) is 15.3. The highest BCUT2D eigenvalue weighted by Crippen LogP contribution is 2.31. The summed E-state index contributed by atoms with van der Waals surface area (Å²) in [6.45, 7) is 0.423. The van der Waals surface area contributed by atoms with Gasteiger partial charge in [-0.1, -0.05) is 0 Å². The summed E-state index contributed by atoms with van der Waals surface area (Å²) in [5, 5.41) is 8.68. The van der Waals surface area contributed by atoms with Gasteiger partial charge in [-0.15, -0.1) is 0 Å². The van der Waals surface area contributed by atoms with Crippen LogP contribution in [-0.4, -0.2) is 32.4 Å². The maximum absolute atomic E-state index is 10.6. The number of rotatable bonds is 8. The summed E-state index contributed by atoms with van der Waals surface area (Å²) in [5.41, 5.74) is 1.84. The van der Waals surface area contributed by atoms with Gasteiger partial charge in [-0.3, -0.25) is 4.79 Å².